The molecule has 0 radical (unpaired) electrons. The van der Waals surface area contributed by atoms with E-state index >= 15 is 0 Å². The minimum atomic E-state index is -3.02. The largest absolute Gasteiger partial charge is 0.385 e. The van der Waals surface area contributed by atoms with Crippen molar-refractivity contribution < 1.29 is 13.2 Å². The van der Waals surface area contributed by atoms with Crippen molar-refractivity contribution in [3.8, 4) is 0 Å². The molecule has 0 aliphatic carbocycles. The van der Waals surface area contributed by atoms with Crippen molar-refractivity contribution >= 4 is 21.2 Å². The normalized spacial score (nSPS) is 13.9. The second-order valence-corrected chi connectivity index (χ2v) is 6.71. The van der Waals surface area contributed by atoms with Gasteiger partial charge < -0.3 is 10.5 Å². The predicted molar refractivity (Wildman–Crippen MR) is 64.1 cm³/mol. The molecule has 5 nitrogen and oxygen atoms in total. The predicted octanol–water partition coefficient (Wildman–Crippen LogP) is 0.724. The van der Waals surface area contributed by atoms with Gasteiger partial charge in [-0.3, -0.25) is 0 Å². The van der Waals surface area contributed by atoms with Crippen LogP contribution in [0.5, 0.6) is 0 Å². The van der Waals surface area contributed by atoms with E-state index in [-0.39, 0.29) is 11.8 Å². The molecule has 0 aromatic carbocycles. The molecule has 0 aliphatic heterocycles. The zero-order valence-corrected chi connectivity index (χ0v) is 11.0. The maximum absolute atomic E-state index is 11.1. The van der Waals surface area contributed by atoms with Crippen LogP contribution in [0.1, 0.15) is 23.2 Å². The molecule has 0 saturated carbocycles. The van der Waals surface area contributed by atoms with Crippen LogP contribution in [0.4, 0.5) is 0 Å². The highest BCUT2D eigenvalue weighted by Crippen LogP contribution is 2.19. The van der Waals surface area contributed by atoms with E-state index in [4.69, 9.17) is 10.5 Å². The zero-order chi connectivity index (χ0) is 12.2. The fourth-order valence-electron chi connectivity index (χ4n) is 1.18. The third-order valence-electron chi connectivity index (χ3n) is 1.97. The van der Waals surface area contributed by atoms with Gasteiger partial charge in [-0.15, -0.1) is 11.3 Å². The average Bonchev–Trinajstić information content (AvgIpc) is 2.59. The van der Waals surface area contributed by atoms with Crippen molar-refractivity contribution in [2.24, 2.45) is 5.73 Å². The monoisotopic (exact) mass is 264 g/mol. The summed E-state index contributed by atoms with van der Waals surface area (Å²) in [6, 6.07) is -0.190. The molecular weight excluding hydrogens is 248 g/mol. The van der Waals surface area contributed by atoms with E-state index in [1.807, 2.05) is 0 Å². The quantitative estimate of drug-likeness (QED) is 0.819. The lowest BCUT2D eigenvalue weighted by Crippen LogP contribution is -2.13. The minimum Gasteiger partial charge on any atom is -0.385 e. The zero-order valence-electron chi connectivity index (χ0n) is 9.34. The fraction of sp³-hybridized carbons (Fsp3) is 0.667. The Balaban J connectivity index is 2.64. The first kappa shape index (κ1) is 13.6. The summed E-state index contributed by atoms with van der Waals surface area (Å²) >= 11 is 1.33. The number of nitrogens with zero attached hydrogens (tertiary/aromatic N) is 1. The fourth-order valence-corrected chi connectivity index (χ4v) is 3.25. The maximum atomic E-state index is 11.1. The van der Waals surface area contributed by atoms with Crippen LogP contribution in [-0.4, -0.2) is 33.4 Å². The third-order valence-corrected chi connectivity index (χ3v) is 3.82. The van der Waals surface area contributed by atoms with Crippen LogP contribution in [0.25, 0.3) is 0 Å². The van der Waals surface area contributed by atoms with E-state index < -0.39 is 9.84 Å². The van der Waals surface area contributed by atoms with E-state index in [9.17, 15) is 8.42 Å². The molecule has 0 amide bonds. The Labute approximate surface area is 99.6 Å². The lowest BCUT2D eigenvalue weighted by atomic mass is 10.2. The van der Waals surface area contributed by atoms with Gasteiger partial charge in [-0.1, -0.05) is 0 Å². The van der Waals surface area contributed by atoms with Crippen LogP contribution in [0.2, 0.25) is 0 Å². The first-order valence-corrected chi connectivity index (χ1v) is 7.73. The molecule has 0 spiro atoms. The minimum absolute atomic E-state index is 0.0192. The number of rotatable bonds is 6. The molecule has 1 heterocycles. The van der Waals surface area contributed by atoms with Crippen LogP contribution >= 0.6 is 11.3 Å². The molecule has 16 heavy (non-hydrogen) atoms. The molecule has 1 aromatic rings. The van der Waals surface area contributed by atoms with Gasteiger partial charge in [0.1, 0.15) is 10.8 Å². The van der Waals surface area contributed by atoms with Gasteiger partial charge in [0.2, 0.25) is 0 Å². The number of methoxy groups -OCH3 is 1. The summed E-state index contributed by atoms with van der Waals surface area (Å²) in [5.74, 6) is -0.0192. The standard InChI is InChI=1S/C9H16N2O3S2/c1-14-4-3-7(10)8-5-15-9(11-8)6-16(2,12)13/h5,7H,3-4,6,10H2,1-2H3. The van der Waals surface area contributed by atoms with E-state index in [0.29, 0.717) is 18.0 Å². The molecule has 1 rings (SSSR count). The van der Waals surface area contributed by atoms with Crippen LogP contribution in [0.15, 0.2) is 5.38 Å². The second-order valence-electron chi connectivity index (χ2n) is 3.62. The van der Waals surface area contributed by atoms with Crippen molar-refractivity contribution in [1.29, 1.82) is 0 Å². The van der Waals surface area contributed by atoms with Crippen molar-refractivity contribution in [1.82, 2.24) is 4.98 Å². The second kappa shape index (κ2) is 5.72. The number of ether oxygens (including phenoxy) is 1. The van der Waals surface area contributed by atoms with E-state index in [1.165, 1.54) is 17.6 Å². The lowest BCUT2D eigenvalue weighted by molar-refractivity contribution is 0.188. The lowest BCUT2D eigenvalue weighted by Gasteiger charge is -2.06. The number of hydrogen-bond acceptors (Lipinski definition) is 6. The summed E-state index contributed by atoms with van der Waals surface area (Å²) in [6.07, 6.45) is 1.87. The number of hydrogen-bond donors (Lipinski definition) is 1. The smallest absolute Gasteiger partial charge is 0.153 e. The molecule has 0 aliphatic rings. The Bertz CT molecular complexity index is 428. The Morgan fingerprint density at radius 2 is 2.31 bits per heavy atom. The maximum Gasteiger partial charge on any atom is 0.153 e. The molecule has 2 N–H and O–H groups in total. The molecule has 0 bridgehead atoms. The highest BCUT2D eigenvalue weighted by Gasteiger charge is 2.13. The summed E-state index contributed by atoms with van der Waals surface area (Å²) < 4.78 is 27.1. The summed E-state index contributed by atoms with van der Waals surface area (Å²) in [4.78, 5) is 4.21. The Morgan fingerprint density at radius 3 is 2.88 bits per heavy atom. The van der Waals surface area contributed by atoms with E-state index in [1.54, 1.807) is 12.5 Å². The van der Waals surface area contributed by atoms with Crippen LogP contribution in [0.3, 0.4) is 0 Å². The summed E-state index contributed by atoms with van der Waals surface area (Å²) in [6.45, 7) is 0.570. The number of thiazole rings is 1. The molecule has 92 valence electrons. The SMILES string of the molecule is COCCC(N)c1csc(CS(C)(=O)=O)n1. The summed E-state index contributed by atoms with van der Waals surface area (Å²) in [7, 11) is -1.41. The molecule has 0 saturated heterocycles. The van der Waals surface area contributed by atoms with Crippen molar-refractivity contribution in [2.45, 2.75) is 18.2 Å². The van der Waals surface area contributed by atoms with Gasteiger partial charge in [0, 0.05) is 25.4 Å². The Hall–Kier alpha value is -0.500. The van der Waals surface area contributed by atoms with E-state index in [2.05, 4.69) is 4.98 Å². The van der Waals surface area contributed by atoms with Gasteiger partial charge in [0.15, 0.2) is 9.84 Å². The highest BCUT2D eigenvalue weighted by atomic mass is 32.2. The van der Waals surface area contributed by atoms with E-state index in [0.717, 1.165) is 5.69 Å². The number of nitrogens with two attached hydrogens (primary N) is 1. The van der Waals surface area contributed by atoms with Crippen molar-refractivity contribution in [3.05, 3.63) is 16.1 Å². The Kier molecular flexibility index (Phi) is 4.85. The summed E-state index contributed by atoms with van der Waals surface area (Å²) in [5.41, 5.74) is 6.61. The van der Waals surface area contributed by atoms with Gasteiger partial charge >= 0.3 is 0 Å². The first-order valence-electron chi connectivity index (χ1n) is 4.79. The van der Waals surface area contributed by atoms with Crippen molar-refractivity contribution in [2.75, 3.05) is 20.0 Å². The molecular formula is C9H16N2O3S2. The number of sulfone groups is 1. The number of aromatic nitrogens is 1. The van der Waals surface area contributed by atoms with Crippen molar-refractivity contribution in [3.63, 3.8) is 0 Å². The summed E-state index contributed by atoms with van der Waals surface area (Å²) in [5, 5.41) is 2.39. The third kappa shape index (κ3) is 4.56. The topological polar surface area (TPSA) is 82.3 Å². The average molecular weight is 264 g/mol. The van der Waals surface area contributed by atoms with Crippen LogP contribution in [-0.2, 0) is 20.3 Å². The van der Waals surface area contributed by atoms with Gasteiger partial charge in [0.05, 0.1) is 11.7 Å². The molecule has 1 aromatic heterocycles. The first-order chi connectivity index (χ1) is 7.42. The highest BCUT2D eigenvalue weighted by molar-refractivity contribution is 7.90. The van der Waals surface area contributed by atoms with Gasteiger partial charge in [0.25, 0.3) is 0 Å². The molecule has 0 fully saturated rings. The van der Waals surface area contributed by atoms with Gasteiger partial charge in [-0.05, 0) is 6.42 Å². The molecule has 7 heteroatoms. The van der Waals surface area contributed by atoms with Crippen LogP contribution in [0, 0.1) is 0 Å². The Morgan fingerprint density at radius 1 is 1.62 bits per heavy atom. The molecule has 1 atom stereocenters. The van der Waals surface area contributed by atoms with Crippen LogP contribution < -0.4 is 5.73 Å². The van der Waals surface area contributed by atoms with Gasteiger partial charge in [-0.2, -0.15) is 0 Å². The van der Waals surface area contributed by atoms with Gasteiger partial charge in [-0.25, -0.2) is 13.4 Å². The molecule has 1 unspecified atom stereocenters.